The number of rotatable bonds is 3. The minimum Gasteiger partial charge on any atom is -0.486 e. The molecule has 1 heterocycles. The van der Waals surface area contributed by atoms with Crippen LogP contribution in [0.5, 0.6) is 5.75 Å². The summed E-state index contributed by atoms with van der Waals surface area (Å²) >= 11 is 5.82. The molecule has 0 unspecified atom stereocenters. The third kappa shape index (κ3) is 3.07. The zero-order valence-corrected chi connectivity index (χ0v) is 9.62. The molecule has 0 bridgehead atoms. The van der Waals surface area contributed by atoms with Crippen molar-refractivity contribution in [2.24, 2.45) is 0 Å². The number of nitrogens with zero attached hydrogens (tertiary/aromatic N) is 1. The maximum absolute atomic E-state index is 12.8. The molecular weight excluding hydrogens is 243 g/mol. The van der Waals surface area contributed by atoms with Crippen molar-refractivity contribution >= 4 is 17.4 Å². The molecule has 88 valence electrons. The van der Waals surface area contributed by atoms with Gasteiger partial charge in [0.25, 0.3) is 0 Å². The van der Waals surface area contributed by atoms with Crippen LogP contribution < -0.4 is 10.5 Å². The minimum atomic E-state index is -0.399. The van der Waals surface area contributed by atoms with Gasteiger partial charge in [0.2, 0.25) is 0 Å². The monoisotopic (exact) mass is 252 g/mol. The minimum absolute atomic E-state index is 0.230. The highest BCUT2D eigenvalue weighted by Gasteiger charge is 2.04. The lowest BCUT2D eigenvalue weighted by Gasteiger charge is -2.07. The number of aromatic nitrogens is 1. The molecule has 0 aliphatic carbocycles. The predicted octanol–water partition coefficient (Wildman–Crippen LogP) is 3.04. The van der Waals surface area contributed by atoms with E-state index in [0.29, 0.717) is 17.3 Å². The number of pyridine rings is 1. The van der Waals surface area contributed by atoms with E-state index in [1.54, 1.807) is 18.2 Å². The molecule has 17 heavy (non-hydrogen) atoms. The average molecular weight is 253 g/mol. The molecule has 0 aliphatic rings. The van der Waals surface area contributed by atoms with E-state index >= 15 is 0 Å². The van der Waals surface area contributed by atoms with E-state index < -0.39 is 5.82 Å². The van der Waals surface area contributed by atoms with Crippen LogP contribution in [0.4, 0.5) is 10.2 Å². The molecule has 0 spiro atoms. The van der Waals surface area contributed by atoms with Crippen molar-refractivity contribution in [3.63, 3.8) is 0 Å². The molecule has 0 radical (unpaired) electrons. The van der Waals surface area contributed by atoms with Gasteiger partial charge in [0, 0.05) is 0 Å². The van der Waals surface area contributed by atoms with Crippen molar-refractivity contribution in [3.8, 4) is 5.75 Å². The SMILES string of the molecule is Nc1cccc(COc2ccc(F)cc2Cl)n1. The highest BCUT2D eigenvalue weighted by molar-refractivity contribution is 6.32. The van der Waals surface area contributed by atoms with Crippen molar-refractivity contribution in [2.45, 2.75) is 6.61 Å². The Hall–Kier alpha value is -1.81. The fraction of sp³-hybridized carbons (Fsp3) is 0.0833. The smallest absolute Gasteiger partial charge is 0.138 e. The molecule has 3 nitrogen and oxygen atoms in total. The lowest BCUT2D eigenvalue weighted by molar-refractivity contribution is 0.301. The van der Waals surface area contributed by atoms with E-state index in [1.165, 1.54) is 18.2 Å². The number of halogens is 2. The molecule has 5 heteroatoms. The highest BCUT2D eigenvalue weighted by Crippen LogP contribution is 2.25. The van der Waals surface area contributed by atoms with Gasteiger partial charge in [-0.3, -0.25) is 0 Å². The first kappa shape index (κ1) is 11.7. The Labute approximate surface area is 103 Å². The van der Waals surface area contributed by atoms with Gasteiger partial charge in [-0.2, -0.15) is 0 Å². The van der Waals surface area contributed by atoms with Gasteiger partial charge < -0.3 is 10.5 Å². The molecule has 0 saturated carbocycles. The van der Waals surface area contributed by atoms with Crippen LogP contribution in [-0.2, 0) is 6.61 Å². The number of anilines is 1. The van der Waals surface area contributed by atoms with E-state index in [0.717, 1.165) is 0 Å². The van der Waals surface area contributed by atoms with Gasteiger partial charge in [-0.05, 0) is 30.3 Å². The maximum atomic E-state index is 12.8. The highest BCUT2D eigenvalue weighted by atomic mass is 35.5. The van der Waals surface area contributed by atoms with Gasteiger partial charge in [0.15, 0.2) is 0 Å². The summed E-state index contributed by atoms with van der Waals surface area (Å²) in [7, 11) is 0. The Balaban J connectivity index is 2.07. The zero-order chi connectivity index (χ0) is 12.3. The molecular formula is C12H10ClFN2O. The molecule has 2 rings (SSSR count). The number of nitrogens with two attached hydrogens (primary N) is 1. The second-order valence-corrected chi connectivity index (χ2v) is 3.82. The van der Waals surface area contributed by atoms with Crippen molar-refractivity contribution in [1.29, 1.82) is 0 Å². The van der Waals surface area contributed by atoms with Crippen molar-refractivity contribution < 1.29 is 9.13 Å². The van der Waals surface area contributed by atoms with Crippen LogP contribution in [0.3, 0.4) is 0 Å². The van der Waals surface area contributed by atoms with Crippen LogP contribution in [0.2, 0.25) is 5.02 Å². The van der Waals surface area contributed by atoms with Gasteiger partial charge in [-0.1, -0.05) is 17.7 Å². The Kier molecular flexibility index (Phi) is 3.44. The first-order valence-electron chi connectivity index (χ1n) is 4.94. The lowest BCUT2D eigenvalue weighted by Crippen LogP contribution is -2.00. The maximum Gasteiger partial charge on any atom is 0.138 e. The second-order valence-electron chi connectivity index (χ2n) is 3.42. The number of hydrogen-bond acceptors (Lipinski definition) is 3. The summed E-state index contributed by atoms with van der Waals surface area (Å²) in [6, 6.07) is 9.22. The van der Waals surface area contributed by atoms with Crippen LogP contribution >= 0.6 is 11.6 Å². The van der Waals surface area contributed by atoms with Gasteiger partial charge in [0.1, 0.15) is 24.0 Å². The molecule has 0 aliphatic heterocycles. The summed E-state index contributed by atoms with van der Waals surface area (Å²) in [4.78, 5) is 4.07. The number of hydrogen-bond donors (Lipinski definition) is 1. The third-order valence-corrected chi connectivity index (χ3v) is 2.39. The fourth-order valence-corrected chi connectivity index (χ4v) is 1.54. The topological polar surface area (TPSA) is 48.1 Å². The molecule has 0 amide bonds. The van der Waals surface area contributed by atoms with Gasteiger partial charge >= 0.3 is 0 Å². The first-order chi connectivity index (χ1) is 8.15. The van der Waals surface area contributed by atoms with E-state index in [1.807, 2.05) is 0 Å². The third-order valence-electron chi connectivity index (χ3n) is 2.10. The molecule has 2 N–H and O–H groups in total. The molecule has 2 aromatic rings. The Morgan fingerprint density at radius 3 is 2.82 bits per heavy atom. The van der Waals surface area contributed by atoms with Crippen LogP contribution in [0.25, 0.3) is 0 Å². The van der Waals surface area contributed by atoms with Gasteiger partial charge in [-0.25, -0.2) is 9.37 Å². The predicted molar refractivity (Wildman–Crippen MR) is 64.4 cm³/mol. The fourth-order valence-electron chi connectivity index (χ4n) is 1.32. The summed E-state index contributed by atoms with van der Waals surface area (Å²) in [5.41, 5.74) is 6.22. The van der Waals surface area contributed by atoms with E-state index in [2.05, 4.69) is 4.98 Å². The number of ether oxygens (including phenoxy) is 1. The van der Waals surface area contributed by atoms with Crippen LogP contribution in [-0.4, -0.2) is 4.98 Å². The summed E-state index contributed by atoms with van der Waals surface area (Å²) in [5, 5.41) is 0.230. The summed E-state index contributed by atoms with van der Waals surface area (Å²) in [6.07, 6.45) is 0. The molecule has 1 aromatic carbocycles. The summed E-state index contributed by atoms with van der Waals surface area (Å²) in [5.74, 6) is 0.443. The number of benzene rings is 1. The molecule has 0 saturated heterocycles. The van der Waals surface area contributed by atoms with E-state index in [9.17, 15) is 4.39 Å². The van der Waals surface area contributed by atoms with E-state index in [-0.39, 0.29) is 11.6 Å². The van der Waals surface area contributed by atoms with Crippen molar-refractivity contribution in [1.82, 2.24) is 4.98 Å². The Morgan fingerprint density at radius 1 is 1.29 bits per heavy atom. The van der Waals surface area contributed by atoms with Crippen molar-refractivity contribution in [2.75, 3.05) is 5.73 Å². The average Bonchev–Trinajstić information content (AvgIpc) is 2.28. The van der Waals surface area contributed by atoms with Gasteiger partial charge in [0.05, 0.1) is 10.7 Å². The summed E-state index contributed by atoms with van der Waals surface area (Å²) in [6.45, 7) is 0.233. The molecule has 0 fully saturated rings. The molecule has 1 aromatic heterocycles. The first-order valence-corrected chi connectivity index (χ1v) is 5.32. The van der Waals surface area contributed by atoms with Crippen LogP contribution in [0.15, 0.2) is 36.4 Å². The van der Waals surface area contributed by atoms with Crippen LogP contribution in [0, 0.1) is 5.82 Å². The Bertz CT molecular complexity index is 534. The second kappa shape index (κ2) is 5.01. The normalized spacial score (nSPS) is 10.2. The van der Waals surface area contributed by atoms with Crippen molar-refractivity contribution in [3.05, 3.63) is 52.9 Å². The van der Waals surface area contributed by atoms with Gasteiger partial charge in [-0.15, -0.1) is 0 Å². The zero-order valence-electron chi connectivity index (χ0n) is 8.86. The standard InChI is InChI=1S/C12H10ClFN2O/c13-10-6-8(14)4-5-11(10)17-7-9-2-1-3-12(15)16-9/h1-6H,7H2,(H2,15,16). The van der Waals surface area contributed by atoms with Crippen LogP contribution in [0.1, 0.15) is 5.69 Å². The summed E-state index contributed by atoms with van der Waals surface area (Å²) < 4.78 is 18.2. The number of nitrogen functional groups attached to an aromatic ring is 1. The quantitative estimate of drug-likeness (QED) is 0.913. The molecule has 0 atom stereocenters. The lowest BCUT2D eigenvalue weighted by atomic mass is 10.3. The van der Waals surface area contributed by atoms with E-state index in [4.69, 9.17) is 22.1 Å². The largest absolute Gasteiger partial charge is 0.486 e. The Morgan fingerprint density at radius 2 is 2.12 bits per heavy atom.